The van der Waals surface area contributed by atoms with E-state index in [4.69, 9.17) is 11.6 Å². The standard InChI is InChI=1S/C30H22ClF3N2O2S/c31-22-15-16-26(25(18-22)30(32,33)34)36-29(38)28(21-10-5-2-6-11-21)39-24-13-7-12-23(19-24)35-27(37)17-14-20-8-3-1-4-9-20/h1-19,28H,(H,35,37)(H,36,38)/b17-14+. The number of thioether (sulfide) groups is 1. The summed E-state index contributed by atoms with van der Waals surface area (Å²) in [6, 6.07) is 28.2. The summed E-state index contributed by atoms with van der Waals surface area (Å²) in [5.74, 6) is -0.972. The second kappa shape index (κ2) is 12.7. The van der Waals surface area contributed by atoms with E-state index < -0.39 is 22.9 Å². The molecule has 0 saturated carbocycles. The van der Waals surface area contributed by atoms with Gasteiger partial charge in [0.2, 0.25) is 11.8 Å². The second-order valence-electron chi connectivity index (χ2n) is 8.35. The topological polar surface area (TPSA) is 58.2 Å². The molecule has 39 heavy (non-hydrogen) atoms. The summed E-state index contributed by atoms with van der Waals surface area (Å²) in [5, 5.41) is 4.24. The van der Waals surface area contributed by atoms with Crippen LogP contribution in [0.4, 0.5) is 24.5 Å². The van der Waals surface area contributed by atoms with E-state index in [9.17, 15) is 22.8 Å². The fourth-order valence-electron chi connectivity index (χ4n) is 3.66. The number of alkyl halides is 3. The maximum Gasteiger partial charge on any atom is 0.418 e. The number of anilines is 2. The second-order valence-corrected chi connectivity index (χ2v) is 9.96. The van der Waals surface area contributed by atoms with Crippen molar-refractivity contribution >= 4 is 52.6 Å². The number of halogens is 4. The van der Waals surface area contributed by atoms with Crippen molar-refractivity contribution in [1.82, 2.24) is 0 Å². The van der Waals surface area contributed by atoms with Gasteiger partial charge in [-0.15, -0.1) is 11.8 Å². The highest BCUT2D eigenvalue weighted by molar-refractivity contribution is 8.00. The van der Waals surface area contributed by atoms with Crippen LogP contribution in [-0.4, -0.2) is 11.8 Å². The smallest absolute Gasteiger partial charge is 0.324 e. The highest BCUT2D eigenvalue weighted by Gasteiger charge is 2.35. The van der Waals surface area contributed by atoms with Gasteiger partial charge in [0.05, 0.1) is 11.3 Å². The lowest BCUT2D eigenvalue weighted by molar-refractivity contribution is -0.137. The first-order valence-electron chi connectivity index (χ1n) is 11.7. The van der Waals surface area contributed by atoms with Gasteiger partial charge in [0.15, 0.2) is 0 Å². The Bertz CT molecular complexity index is 1480. The van der Waals surface area contributed by atoms with Crippen molar-refractivity contribution in [2.24, 2.45) is 0 Å². The van der Waals surface area contributed by atoms with Crippen LogP contribution in [0, 0.1) is 0 Å². The van der Waals surface area contributed by atoms with Gasteiger partial charge in [-0.25, -0.2) is 0 Å². The molecule has 0 aliphatic carbocycles. The lowest BCUT2D eigenvalue weighted by Gasteiger charge is -2.20. The van der Waals surface area contributed by atoms with Crippen molar-refractivity contribution in [2.75, 3.05) is 10.6 Å². The zero-order chi connectivity index (χ0) is 27.8. The molecule has 2 amide bonds. The van der Waals surface area contributed by atoms with E-state index in [1.165, 1.54) is 12.1 Å². The van der Waals surface area contributed by atoms with Crippen LogP contribution in [0.2, 0.25) is 5.02 Å². The van der Waals surface area contributed by atoms with Crippen LogP contribution in [0.3, 0.4) is 0 Å². The minimum atomic E-state index is -4.70. The lowest BCUT2D eigenvalue weighted by Crippen LogP contribution is -2.21. The molecule has 1 atom stereocenters. The summed E-state index contributed by atoms with van der Waals surface area (Å²) in [6.45, 7) is 0. The summed E-state index contributed by atoms with van der Waals surface area (Å²) in [4.78, 5) is 26.4. The van der Waals surface area contributed by atoms with Crippen molar-refractivity contribution in [2.45, 2.75) is 16.3 Å². The SMILES string of the molecule is O=C(/C=C/c1ccccc1)Nc1cccc(SC(C(=O)Nc2ccc(Cl)cc2C(F)(F)F)c2ccccc2)c1. The van der Waals surface area contributed by atoms with Crippen LogP contribution in [0.15, 0.2) is 114 Å². The quantitative estimate of drug-likeness (QED) is 0.166. The fourth-order valence-corrected chi connectivity index (χ4v) is 4.92. The van der Waals surface area contributed by atoms with Crippen molar-refractivity contribution in [3.8, 4) is 0 Å². The highest BCUT2D eigenvalue weighted by Crippen LogP contribution is 2.40. The number of hydrogen-bond donors (Lipinski definition) is 2. The molecule has 2 N–H and O–H groups in total. The monoisotopic (exact) mass is 566 g/mol. The fraction of sp³-hybridized carbons (Fsp3) is 0.0667. The van der Waals surface area contributed by atoms with Gasteiger partial charge < -0.3 is 10.6 Å². The third-order valence-electron chi connectivity index (χ3n) is 5.47. The first kappa shape index (κ1) is 28.0. The summed E-state index contributed by atoms with van der Waals surface area (Å²) < 4.78 is 40.8. The van der Waals surface area contributed by atoms with E-state index in [1.54, 1.807) is 60.7 Å². The summed E-state index contributed by atoms with van der Waals surface area (Å²) in [5.41, 5.74) is 0.566. The number of amides is 2. The van der Waals surface area contributed by atoms with E-state index >= 15 is 0 Å². The van der Waals surface area contributed by atoms with E-state index in [1.807, 2.05) is 30.3 Å². The number of carbonyl (C=O) groups excluding carboxylic acids is 2. The molecule has 0 saturated heterocycles. The summed E-state index contributed by atoms with van der Waals surface area (Å²) in [7, 11) is 0. The normalized spacial score (nSPS) is 12.2. The van der Waals surface area contributed by atoms with Gasteiger partial charge >= 0.3 is 6.18 Å². The maximum atomic E-state index is 13.6. The number of nitrogens with one attached hydrogen (secondary N) is 2. The predicted octanol–water partition coefficient (Wildman–Crippen LogP) is 8.48. The largest absolute Gasteiger partial charge is 0.418 e. The molecule has 198 valence electrons. The first-order valence-corrected chi connectivity index (χ1v) is 13.0. The van der Waals surface area contributed by atoms with Crippen LogP contribution < -0.4 is 10.6 Å². The molecular formula is C30H22ClF3N2O2S. The Balaban J connectivity index is 1.54. The average molecular weight is 567 g/mol. The number of benzene rings is 4. The molecule has 4 nitrogen and oxygen atoms in total. The Labute approximate surface area is 232 Å². The molecule has 0 fully saturated rings. The Morgan fingerprint density at radius 1 is 0.821 bits per heavy atom. The Kier molecular flexibility index (Phi) is 9.11. The van der Waals surface area contributed by atoms with Crippen LogP contribution in [-0.2, 0) is 15.8 Å². The number of rotatable bonds is 8. The molecule has 0 spiro atoms. The molecule has 4 aromatic rings. The molecule has 0 bridgehead atoms. The highest BCUT2D eigenvalue weighted by atomic mass is 35.5. The van der Waals surface area contributed by atoms with Gasteiger partial charge in [-0.3, -0.25) is 9.59 Å². The third kappa shape index (κ3) is 7.99. The van der Waals surface area contributed by atoms with Crippen LogP contribution in [0.5, 0.6) is 0 Å². The average Bonchev–Trinajstić information content (AvgIpc) is 2.92. The minimum Gasteiger partial charge on any atom is -0.324 e. The molecule has 0 aliphatic rings. The third-order valence-corrected chi connectivity index (χ3v) is 6.95. The molecular weight excluding hydrogens is 545 g/mol. The zero-order valence-corrected chi connectivity index (χ0v) is 21.9. The predicted molar refractivity (Wildman–Crippen MR) is 151 cm³/mol. The van der Waals surface area contributed by atoms with Crippen molar-refractivity contribution in [3.05, 3.63) is 131 Å². The van der Waals surface area contributed by atoms with E-state index in [0.717, 1.165) is 29.5 Å². The van der Waals surface area contributed by atoms with Crippen LogP contribution in [0.1, 0.15) is 21.9 Å². The first-order chi connectivity index (χ1) is 18.7. The van der Waals surface area contributed by atoms with Gasteiger partial charge in [0.25, 0.3) is 0 Å². The molecule has 4 aromatic carbocycles. The summed E-state index contributed by atoms with van der Waals surface area (Å²) >= 11 is 6.92. The van der Waals surface area contributed by atoms with Gasteiger partial charge in [-0.2, -0.15) is 13.2 Å². The molecule has 9 heteroatoms. The van der Waals surface area contributed by atoms with E-state index in [2.05, 4.69) is 10.6 Å². The van der Waals surface area contributed by atoms with Crippen molar-refractivity contribution in [1.29, 1.82) is 0 Å². The van der Waals surface area contributed by atoms with Crippen molar-refractivity contribution < 1.29 is 22.8 Å². The Hall–Kier alpha value is -4.01. The maximum absolute atomic E-state index is 13.6. The summed E-state index contributed by atoms with van der Waals surface area (Å²) in [6.07, 6.45) is -1.60. The molecule has 0 radical (unpaired) electrons. The minimum absolute atomic E-state index is 0.0909. The van der Waals surface area contributed by atoms with Gasteiger partial charge in [-0.05, 0) is 53.6 Å². The molecule has 1 unspecified atom stereocenters. The van der Waals surface area contributed by atoms with Crippen LogP contribution in [0.25, 0.3) is 6.08 Å². The Morgan fingerprint density at radius 2 is 1.51 bits per heavy atom. The zero-order valence-electron chi connectivity index (χ0n) is 20.3. The lowest BCUT2D eigenvalue weighted by atomic mass is 10.1. The van der Waals surface area contributed by atoms with E-state index in [-0.39, 0.29) is 16.6 Å². The van der Waals surface area contributed by atoms with E-state index in [0.29, 0.717) is 16.1 Å². The Morgan fingerprint density at radius 3 is 2.21 bits per heavy atom. The van der Waals surface area contributed by atoms with Gasteiger partial charge in [-0.1, -0.05) is 78.3 Å². The molecule has 0 heterocycles. The number of hydrogen-bond acceptors (Lipinski definition) is 3. The molecule has 4 rings (SSSR count). The number of carbonyl (C=O) groups is 2. The van der Waals surface area contributed by atoms with Gasteiger partial charge in [0, 0.05) is 21.7 Å². The molecule has 0 aliphatic heterocycles. The van der Waals surface area contributed by atoms with Gasteiger partial charge in [0.1, 0.15) is 5.25 Å². The van der Waals surface area contributed by atoms with Crippen molar-refractivity contribution in [3.63, 3.8) is 0 Å². The molecule has 0 aromatic heterocycles. The van der Waals surface area contributed by atoms with Crippen LogP contribution >= 0.6 is 23.4 Å².